The van der Waals surface area contributed by atoms with Crippen LogP contribution in [-0.2, 0) is 16.1 Å². The highest BCUT2D eigenvalue weighted by molar-refractivity contribution is 7.16. The summed E-state index contributed by atoms with van der Waals surface area (Å²) >= 11 is 13.6. The van der Waals surface area contributed by atoms with Crippen LogP contribution in [0.25, 0.3) is 21.2 Å². The van der Waals surface area contributed by atoms with Gasteiger partial charge in [-0.25, -0.2) is 0 Å². The molecule has 4 aromatic rings. The van der Waals surface area contributed by atoms with Gasteiger partial charge in [-0.15, -0.1) is 0 Å². The average Bonchev–Trinajstić information content (AvgIpc) is 3.08. The van der Waals surface area contributed by atoms with Crippen LogP contribution in [0.4, 0.5) is 0 Å². The Labute approximate surface area is 189 Å². The number of aromatic nitrogens is 1. The van der Waals surface area contributed by atoms with Gasteiger partial charge in [-0.3, -0.25) is 14.4 Å². The van der Waals surface area contributed by atoms with Crippen molar-refractivity contribution in [2.75, 3.05) is 6.61 Å². The van der Waals surface area contributed by atoms with Gasteiger partial charge < -0.3 is 13.7 Å². The molecule has 2 aromatic carbocycles. The molecule has 2 heterocycles. The molecule has 0 saturated heterocycles. The van der Waals surface area contributed by atoms with Crippen molar-refractivity contribution in [1.29, 1.82) is 0 Å². The predicted octanol–water partition coefficient (Wildman–Crippen LogP) is 4.42. The maximum Gasteiger partial charge on any atom is 0.326 e. The molecule has 158 valence electrons. The third kappa shape index (κ3) is 4.14. The van der Waals surface area contributed by atoms with Crippen molar-refractivity contribution in [3.05, 3.63) is 73.3 Å². The van der Waals surface area contributed by atoms with Gasteiger partial charge in [0.15, 0.2) is 16.0 Å². The van der Waals surface area contributed by atoms with E-state index >= 15 is 0 Å². The van der Waals surface area contributed by atoms with Gasteiger partial charge >= 0.3 is 11.9 Å². The fourth-order valence-electron chi connectivity index (χ4n) is 3.02. The van der Waals surface area contributed by atoms with E-state index in [0.29, 0.717) is 20.6 Å². The monoisotopic (exact) mass is 476 g/mol. The van der Waals surface area contributed by atoms with Crippen LogP contribution < -0.4 is 10.2 Å². The number of esters is 1. The molecule has 0 fully saturated rings. The summed E-state index contributed by atoms with van der Waals surface area (Å²) in [6.07, 6.45) is 0. The lowest BCUT2D eigenvalue weighted by Crippen LogP contribution is -2.23. The normalized spacial score (nSPS) is 11.9. The van der Waals surface area contributed by atoms with Crippen LogP contribution >= 0.6 is 34.5 Å². The fraction of sp³-hybridized carbons (Fsp3) is 0.143. The minimum atomic E-state index is -0.769. The number of ether oxygens (including phenoxy) is 1. The highest BCUT2D eigenvalue weighted by Gasteiger charge is 2.18. The van der Waals surface area contributed by atoms with E-state index in [0.717, 1.165) is 17.4 Å². The van der Waals surface area contributed by atoms with Gasteiger partial charge in [-0.05, 0) is 31.2 Å². The molecule has 7 nitrogen and oxygen atoms in total. The molecule has 0 unspecified atom stereocenters. The van der Waals surface area contributed by atoms with Gasteiger partial charge in [0.1, 0.15) is 12.1 Å². The largest absolute Gasteiger partial charge is 0.465 e. The van der Waals surface area contributed by atoms with E-state index in [1.807, 2.05) is 0 Å². The molecule has 0 aliphatic heterocycles. The number of halogens is 2. The zero-order chi connectivity index (χ0) is 22.1. The number of carbonyl (C=O) groups is 2. The van der Waals surface area contributed by atoms with Crippen molar-refractivity contribution in [2.45, 2.75) is 13.5 Å². The molecule has 1 amide bonds. The summed E-state index contributed by atoms with van der Waals surface area (Å²) in [6, 6.07) is 11.0. The minimum Gasteiger partial charge on any atom is -0.465 e. The van der Waals surface area contributed by atoms with E-state index in [-0.39, 0.29) is 39.7 Å². The molecule has 4 rings (SSSR count). The predicted molar refractivity (Wildman–Crippen MR) is 119 cm³/mol. The van der Waals surface area contributed by atoms with Crippen LogP contribution in [0, 0.1) is 0 Å². The standard InChI is InChI=1S/C21H14Cl2N2O5S/c1-2-29-17(27)10-25-19-16(8-7-12(22)18(19)23)31-21(25)24-20(28)15-9-13(26)11-5-3-4-6-14(11)30-15/h3-9H,2,10H2,1H3. The molecule has 2 aromatic heterocycles. The quantitative estimate of drug-likeness (QED) is 0.406. The molecule has 0 atom stereocenters. The Morgan fingerprint density at radius 2 is 1.97 bits per heavy atom. The highest BCUT2D eigenvalue weighted by atomic mass is 35.5. The Morgan fingerprint density at radius 1 is 1.19 bits per heavy atom. The smallest absolute Gasteiger partial charge is 0.326 e. The fourth-order valence-corrected chi connectivity index (χ4v) is 4.53. The second kappa shape index (κ2) is 8.66. The summed E-state index contributed by atoms with van der Waals surface area (Å²) in [6.45, 7) is 1.67. The third-order valence-corrected chi connectivity index (χ3v) is 6.21. The van der Waals surface area contributed by atoms with E-state index in [2.05, 4.69) is 4.99 Å². The van der Waals surface area contributed by atoms with Gasteiger partial charge in [0.2, 0.25) is 0 Å². The van der Waals surface area contributed by atoms with E-state index in [1.165, 1.54) is 4.57 Å². The second-order valence-corrected chi connectivity index (χ2v) is 8.17. The Kier molecular flexibility index (Phi) is 5.95. The lowest BCUT2D eigenvalue weighted by atomic mass is 10.2. The molecule has 0 aliphatic carbocycles. The lowest BCUT2D eigenvalue weighted by Gasteiger charge is -2.07. The number of fused-ring (bicyclic) bond motifs is 2. The molecule has 0 spiro atoms. The number of hydrogen-bond acceptors (Lipinski definition) is 6. The number of carbonyl (C=O) groups excluding carboxylic acids is 2. The molecular weight excluding hydrogens is 463 g/mol. The zero-order valence-electron chi connectivity index (χ0n) is 16.1. The third-order valence-electron chi connectivity index (χ3n) is 4.37. The van der Waals surface area contributed by atoms with Gasteiger partial charge in [0, 0.05) is 6.07 Å². The maximum atomic E-state index is 12.8. The van der Waals surface area contributed by atoms with Crippen LogP contribution in [0.2, 0.25) is 10.0 Å². The number of nitrogens with zero attached hydrogens (tertiary/aromatic N) is 2. The molecule has 0 saturated carbocycles. The van der Waals surface area contributed by atoms with Crippen molar-refractivity contribution in [3.63, 3.8) is 0 Å². The topological polar surface area (TPSA) is 90.9 Å². The average molecular weight is 477 g/mol. The Bertz CT molecular complexity index is 1470. The van der Waals surface area contributed by atoms with Crippen LogP contribution in [-0.4, -0.2) is 23.1 Å². The van der Waals surface area contributed by atoms with Crippen LogP contribution in [0.5, 0.6) is 0 Å². The van der Waals surface area contributed by atoms with Crippen LogP contribution in [0.1, 0.15) is 17.5 Å². The van der Waals surface area contributed by atoms with Crippen molar-refractivity contribution in [2.24, 2.45) is 4.99 Å². The Morgan fingerprint density at radius 3 is 2.74 bits per heavy atom. The highest BCUT2D eigenvalue weighted by Crippen LogP contribution is 2.32. The Hall–Kier alpha value is -2.94. The first kappa shape index (κ1) is 21.3. The van der Waals surface area contributed by atoms with Crippen molar-refractivity contribution >= 4 is 67.6 Å². The SMILES string of the molecule is CCOC(=O)Cn1c(=NC(=O)c2cc(=O)c3ccccc3o2)sc2ccc(Cl)c(Cl)c21. The van der Waals surface area contributed by atoms with Crippen LogP contribution in [0.15, 0.2) is 56.7 Å². The molecule has 31 heavy (non-hydrogen) atoms. The second-order valence-electron chi connectivity index (χ2n) is 6.37. The summed E-state index contributed by atoms with van der Waals surface area (Å²) < 4.78 is 12.7. The summed E-state index contributed by atoms with van der Waals surface area (Å²) in [5, 5.41) is 0.883. The summed E-state index contributed by atoms with van der Waals surface area (Å²) in [5.74, 6) is -1.51. The Balaban J connectivity index is 1.88. The van der Waals surface area contributed by atoms with E-state index in [1.54, 1.807) is 43.3 Å². The first-order valence-corrected chi connectivity index (χ1v) is 10.7. The number of thiazole rings is 1. The van der Waals surface area contributed by atoms with E-state index in [9.17, 15) is 14.4 Å². The first-order valence-electron chi connectivity index (χ1n) is 9.14. The van der Waals surface area contributed by atoms with E-state index < -0.39 is 11.9 Å². The summed E-state index contributed by atoms with van der Waals surface area (Å²) in [7, 11) is 0. The zero-order valence-corrected chi connectivity index (χ0v) is 18.4. The van der Waals surface area contributed by atoms with Gasteiger partial charge in [0.25, 0.3) is 0 Å². The summed E-state index contributed by atoms with van der Waals surface area (Å²) in [4.78, 5) is 41.6. The van der Waals surface area contributed by atoms with Crippen LogP contribution in [0.3, 0.4) is 0 Å². The summed E-state index contributed by atoms with van der Waals surface area (Å²) in [5.41, 5.74) is 0.379. The number of hydrogen-bond donors (Lipinski definition) is 0. The van der Waals surface area contributed by atoms with E-state index in [4.69, 9.17) is 32.4 Å². The number of amides is 1. The molecular formula is C21H14Cl2N2O5S. The van der Waals surface area contributed by atoms with Crippen molar-refractivity contribution in [1.82, 2.24) is 4.57 Å². The molecule has 0 aliphatic rings. The van der Waals surface area contributed by atoms with Crippen molar-refractivity contribution < 1.29 is 18.7 Å². The van der Waals surface area contributed by atoms with Gasteiger partial charge in [-0.1, -0.05) is 46.7 Å². The van der Waals surface area contributed by atoms with Crippen molar-refractivity contribution in [3.8, 4) is 0 Å². The minimum absolute atomic E-state index is 0.188. The molecule has 10 heteroatoms. The van der Waals surface area contributed by atoms with Gasteiger partial charge in [0.05, 0.1) is 32.3 Å². The lowest BCUT2D eigenvalue weighted by molar-refractivity contribution is -0.143. The number of benzene rings is 2. The molecule has 0 N–H and O–H groups in total. The number of rotatable bonds is 4. The number of para-hydroxylation sites is 1. The molecule has 0 bridgehead atoms. The first-order chi connectivity index (χ1) is 14.9. The van der Waals surface area contributed by atoms with Gasteiger partial charge in [-0.2, -0.15) is 4.99 Å². The maximum absolute atomic E-state index is 12.8. The molecule has 0 radical (unpaired) electrons.